The summed E-state index contributed by atoms with van der Waals surface area (Å²) in [5.41, 5.74) is 0. The zero-order chi connectivity index (χ0) is 108. The lowest BCUT2D eigenvalue weighted by Gasteiger charge is -2.51. The molecule has 0 aromatic rings. The molecule has 0 unspecified atom stereocenters. The molecule has 0 aliphatic carbocycles. The smallest absolute Gasteiger partial charge is 0.217 e. The molecule has 12 aliphatic heterocycles. The normalized spacial score (nSPS) is 49.6. The van der Waals surface area contributed by atoms with E-state index in [4.69, 9.17) is 109 Å². The Morgan fingerprint density at radius 1 is 0.190 bits per heavy atom. The highest BCUT2D eigenvalue weighted by Gasteiger charge is 2.64. The Morgan fingerprint density at radius 3 is 0.762 bits per heavy atom. The fourth-order valence-corrected chi connectivity index (χ4v) is 19.2. The number of aliphatic hydroxyl groups excluding tert-OH is 32. The fourth-order valence-electron chi connectivity index (χ4n) is 19.2. The molecule has 12 rings (SSSR count). The Morgan fingerprint density at radius 2 is 0.422 bits per heavy atom. The summed E-state index contributed by atoms with van der Waals surface area (Å²) in [4.78, 5) is 65.9. The van der Waals surface area contributed by atoms with Crippen LogP contribution in [0.25, 0.3) is 0 Å². The van der Waals surface area contributed by atoms with Gasteiger partial charge in [0.25, 0.3) is 0 Å². The molecule has 37 N–H and O–H groups in total. The molecule has 0 spiro atoms. The molecule has 850 valence electrons. The molecule has 65 nitrogen and oxygen atoms in total. The van der Waals surface area contributed by atoms with Crippen molar-refractivity contribution in [2.45, 2.75) is 410 Å². The second-order valence-corrected chi connectivity index (χ2v) is 37.3. The molecule has 60 atom stereocenters. The van der Waals surface area contributed by atoms with E-state index in [1.54, 1.807) is 0 Å². The minimum Gasteiger partial charge on any atom is -0.394 e. The topological polar surface area (TPSA) is 1010 Å². The Labute approximate surface area is 832 Å². The molecule has 12 fully saturated rings. The third-order valence-corrected chi connectivity index (χ3v) is 27.0. The molecule has 12 saturated heterocycles. The minimum atomic E-state index is -2.75. The molecule has 0 saturated carbocycles. The summed E-state index contributed by atoms with van der Waals surface area (Å²) in [6.07, 6.45) is -119. The molecule has 0 bridgehead atoms. The second kappa shape index (κ2) is 52.8. The summed E-state index contributed by atoms with van der Waals surface area (Å²) < 4.78 is 139. The van der Waals surface area contributed by atoms with E-state index in [0.717, 1.165) is 34.6 Å². The van der Waals surface area contributed by atoms with Crippen LogP contribution in [0.4, 0.5) is 0 Å². The van der Waals surface area contributed by atoms with Crippen LogP contribution in [-0.4, -0.2) is 634 Å². The van der Waals surface area contributed by atoms with Crippen LogP contribution in [0, 0.1) is 0 Å². The monoisotopic (exact) mass is 2150 g/mol. The van der Waals surface area contributed by atoms with Gasteiger partial charge in [-0.3, -0.25) is 24.0 Å². The fraction of sp³-hybridized carbons (Fsp3) is 0.939. The number of carbonyl (C=O) groups excluding carboxylic acids is 5. The summed E-state index contributed by atoms with van der Waals surface area (Å²) in [5, 5.41) is 374. The molecule has 12 heterocycles. The summed E-state index contributed by atoms with van der Waals surface area (Å²) in [5.74, 6) is -5.03. The SMILES string of the molecule is CC(=O)N[C@@H]1[C@@H](O)[C@H](O[C@@H]2O[C@H](CO)[C@@H](O[C@@H]3O[C@H](CO[C@H]4O[C@H](CO)[C@@H](O[C@@H]5O[C@H](CO)[C@@H](O[C@@H]6O[C@H](CO)[C@H](O)[C@H](O)[C@H]6O)[C@H](O)[C@H]5NC(C)=O)[C@H](O)[C@@H]4O[C@@H]4O[C@H](CO)[C@@H](O[C@@H]5O[C@H](CO)[C@H](O)[C@H](O)[C@@H]5O)[C@H](O)[C@H]4NC(C)=O)[C@@H](O)[C@H](O[C@H]4O[C@H](CO)[C@@H](O)[C@H](O)[C@@H]4O[C@@H]4O[C@H](CO)[C@@H](O[C@@H]5O[C@H](CO)[C@H](O)[C@H](O)[C@H]5O)[C@H](O)[C@H]4NC(C)=O)[C@@H]3O)[C@H](O)[C@H]2NC(C)=O)[C@@H](CO[C@@H]2O[C@@H](C)[C@@H](O)[C@@H](O)[C@@H]2O)O[C@H]1O. The van der Waals surface area contributed by atoms with E-state index in [0.29, 0.717) is 0 Å². The average molecular weight is 2150 g/mol. The van der Waals surface area contributed by atoms with Crippen LogP contribution in [0.1, 0.15) is 41.5 Å². The average Bonchev–Trinajstić information content (AvgIpc) is 0.757. The van der Waals surface area contributed by atoms with Gasteiger partial charge in [0.05, 0.1) is 78.8 Å². The van der Waals surface area contributed by atoms with E-state index < -0.39 is 470 Å². The third-order valence-electron chi connectivity index (χ3n) is 27.0. The Bertz CT molecular complexity index is 4110. The van der Waals surface area contributed by atoms with Crippen LogP contribution in [-0.2, 0) is 133 Å². The molecule has 5 amide bonds. The zero-order valence-electron chi connectivity index (χ0n) is 79.2. The molecule has 12 aliphatic rings. The largest absolute Gasteiger partial charge is 0.394 e. The van der Waals surface area contributed by atoms with Crippen LogP contribution in [0.3, 0.4) is 0 Å². The Balaban J connectivity index is 0.921. The summed E-state index contributed by atoms with van der Waals surface area (Å²) in [6.45, 7) is -7.26. The summed E-state index contributed by atoms with van der Waals surface area (Å²) >= 11 is 0. The first kappa shape index (κ1) is 121. The molecule has 0 radical (unpaired) electrons. The van der Waals surface area contributed by atoms with Crippen molar-refractivity contribution >= 4 is 29.5 Å². The standard InChI is InChI=1S/C82H137N5O60/c1-18-40(102)51(113)56(118)76(127-18)125-17-34-67(46(108)35(71(124)128-34)83-19(2)97)140-73-37(85-21(4)99)48(110)65(31(14-95)134-73)144-80-61(123)68(145-82-69(55(117)44(106)27(10-91)132-82)146-74-38(86-22(5)100)49(111)63(29(12-93)135-74)142-78-58(120)53(115)42(104)25(8-89)130-78)45(107)33(138-80)16-126-81-70(147-75-39(87-23(6)101)50(112)64(30(13-94)136-75)143-79-59(121)54(116)43(105)26(9-90)131-79)60(122)66(32(15-96)137-81)139-72-36(84-20(3)98)47(109)62(28(11-92)133-72)141-77-57(119)52(114)41(103)24(7-88)129-77/h18,24-82,88-96,102-124H,7-17H2,1-6H3,(H,83,97)(H,84,98)(H,85,99)(H,86,100)(H,87,101)/t18-,24+,25+,26+,27+,28+,29+,30+,31+,32+,33+,34+,35+,36+,37+,38+,39+,40+,41-,42-,43-,44+,45+,46+,47+,48+,49+,50+,51+,52-,53-,54-,55-,56-,57+,58+,59-,60-,61-,62+,63+,64+,65+,66+,67+,68-,69-,70-,71+,72-,73-,74-,75-,76+,77-,78-,79-,80-,81-,82+/m0/s1. The first-order valence-electron chi connectivity index (χ1n) is 47.0. The predicted octanol–water partition coefficient (Wildman–Crippen LogP) is -25.4. The number of hydrogen-bond donors (Lipinski definition) is 37. The number of nitrogens with one attached hydrogen (secondary N) is 5. The van der Waals surface area contributed by atoms with Gasteiger partial charge >= 0.3 is 0 Å². The molecule has 0 aromatic heterocycles. The van der Waals surface area contributed by atoms with Gasteiger partial charge < -0.3 is 299 Å². The molecular formula is C82H137N5O60. The van der Waals surface area contributed by atoms with E-state index >= 15 is 0 Å². The van der Waals surface area contributed by atoms with Gasteiger partial charge in [-0.2, -0.15) is 0 Å². The van der Waals surface area contributed by atoms with Gasteiger partial charge in [0, 0.05) is 34.6 Å². The quantitative estimate of drug-likeness (QED) is 0.0273. The number of amides is 5. The maximum atomic E-state index is 13.5. The number of hydrogen-bond acceptors (Lipinski definition) is 60. The van der Waals surface area contributed by atoms with Crippen molar-refractivity contribution in [3.8, 4) is 0 Å². The summed E-state index contributed by atoms with van der Waals surface area (Å²) in [6, 6.07) is -10.1. The third kappa shape index (κ3) is 26.8. The van der Waals surface area contributed by atoms with Crippen LogP contribution < -0.4 is 26.6 Å². The van der Waals surface area contributed by atoms with Gasteiger partial charge in [-0.1, -0.05) is 0 Å². The minimum absolute atomic E-state index is 0.873. The van der Waals surface area contributed by atoms with Gasteiger partial charge in [0.15, 0.2) is 75.5 Å². The summed E-state index contributed by atoms with van der Waals surface area (Å²) in [7, 11) is 0. The van der Waals surface area contributed by atoms with Crippen molar-refractivity contribution in [3.63, 3.8) is 0 Å². The first-order valence-corrected chi connectivity index (χ1v) is 47.0. The molecular weight excluding hydrogens is 2010 g/mol. The molecule has 65 heteroatoms. The number of carbonyl (C=O) groups is 5. The van der Waals surface area contributed by atoms with E-state index in [9.17, 15) is 187 Å². The highest BCUT2D eigenvalue weighted by molar-refractivity contribution is 5.75. The Kier molecular flexibility index (Phi) is 43.4. The zero-order valence-corrected chi connectivity index (χ0v) is 79.2. The van der Waals surface area contributed by atoms with Gasteiger partial charge in [-0.05, 0) is 6.92 Å². The van der Waals surface area contributed by atoms with E-state index in [2.05, 4.69) is 26.6 Å². The van der Waals surface area contributed by atoms with Crippen molar-refractivity contribution in [2.24, 2.45) is 0 Å². The maximum Gasteiger partial charge on any atom is 0.217 e. The lowest BCUT2D eigenvalue weighted by molar-refractivity contribution is -0.401. The van der Waals surface area contributed by atoms with Crippen LogP contribution in [0.2, 0.25) is 0 Å². The van der Waals surface area contributed by atoms with Crippen LogP contribution in [0.5, 0.6) is 0 Å². The lowest BCUT2D eigenvalue weighted by atomic mass is 9.93. The van der Waals surface area contributed by atoms with Crippen molar-refractivity contribution in [1.82, 2.24) is 26.6 Å². The van der Waals surface area contributed by atoms with Gasteiger partial charge in [-0.15, -0.1) is 0 Å². The maximum absolute atomic E-state index is 13.5. The highest BCUT2D eigenvalue weighted by Crippen LogP contribution is 2.43. The van der Waals surface area contributed by atoms with Crippen LogP contribution in [0.15, 0.2) is 0 Å². The number of ether oxygens (including phenoxy) is 23. The first-order chi connectivity index (χ1) is 69.5. The van der Waals surface area contributed by atoms with Gasteiger partial charge in [0.1, 0.15) is 287 Å². The van der Waals surface area contributed by atoms with Crippen LogP contribution >= 0.6 is 0 Å². The number of aliphatic hydroxyl groups is 32. The molecule has 0 aromatic carbocycles. The molecule has 147 heavy (non-hydrogen) atoms. The second-order valence-electron chi connectivity index (χ2n) is 37.3. The predicted molar refractivity (Wildman–Crippen MR) is 452 cm³/mol. The lowest BCUT2D eigenvalue weighted by Crippen LogP contribution is -2.71. The van der Waals surface area contributed by atoms with E-state index in [-0.39, 0.29) is 0 Å². The van der Waals surface area contributed by atoms with Gasteiger partial charge in [0.2, 0.25) is 29.5 Å². The van der Waals surface area contributed by atoms with Gasteiger partial charge in [-0.25, -0.2) is 0 Å². The van der Waals surface area contributed by atoms with Crippen molar-refractivity contribution in [3.05, 3.63) is 0 Å². The van der Waals surface area contributed by atoms with Crippen molar-refractivity contribution in [1.29, 1.82) is 0 Å². The van der Waals surface area contributed by atoms with Crippen molar-refractivity contribution in [2.75, 3.05) is 72.7 Å². The van der Waals surface area contributed by atoms with Crippen molar-refractivity contribution < 1.29 is 296 Å². The van der Waals surface area contributed by atoms with E-state index in [1.807, 2.05) is 0 Å². The number of rotatable bonds is 38. The highest BCUT2D eigenvalue weighted by atomic mass is 16.8. The van der Waals surface area contributed by atoms with E-state index in [1.165, 1.54) is 6.92 Å². The Hall–Kier alpha value is -4.85.